The van der Waals surface area contributed by atoms with E-state index in [-0.39, 0.29) is 77.8 Å². The summed E-state index contributed by atoms with van der Waals surface area (Å²) in [4.78, 5) is 26.0. The Kier molecular flexibility index (Phi) is 11.6. The highest BCUT2D eigenvalue weighted by Gasteiger charge is 2.69. The number of benzene rings is 2. The number of ether oxygens (including phenoxy) is 3. The molecule has 11 heteroatoms. The summed E-state index contributed by atoms with van der Waals surface area (Å²) >= 11 is 0. The molecule has 12 rings (SSSR count). The third-order valence-electron chi connectivity index (χ3n) is 18.0. The molecule has 6 aliphatic heterocycles. The van der Waals surface area contributed by atoms with Crippen LogP contribution in [0.5, 0.6) is 0 Å². The minimum Gasteiger partial charge on any atom is -0.372 e. The van der Waals surface area contributed by atoms with Crippen LogP contribution in [0.2, 0.25) is 0 Å². The largest absolute Gasteiger partial charge is 0.372 e. The van der Waals surface area contributed by atoms with Crippen LogP contribution in [-0.4, -0.2) is 62.0 Å². The van der Waals surface area contributed by atoms with Gasteiger partial charge in [0.15, 0.2) is 9.84 Å². The zero-order chi connectivity index (χ0) is 42.4. The molecule has 0 amide bonds. The normalized spacial score (nSPS) is 45.6. The van der Waals surface area contributed by atoms with Crippen molar-refractivity contribution >= 4 is 9.84 Å². The SMILES string of the molecule is C[C@H]1[C@@H](CC(C[C@H]2O[C@@H]3C[C@@H](C)[C@@H]4C[C@H]5[C@H](C)CC[C@@H]([C@H]2C)[C@@]35OO4)CS(=O)(=O)c2ccc(COCc3ccc(F)cc3)cc2)O[C@@H]2C[C@@H](C)[C@@H]3C[C@H]4[C@H](C)CC[C@@H]1[C@@]24OO3. The van der Waals surface area contributed by atoms with Crippen LogP contribution in [0.3, 0.4) is 0 Å². The lowest BCUT2D eigenvalue weighted by Crippen LogP contribution is -2.68. The van der Waals surface area contributed by atoms with Gasteiger partial charge in [-0.1, -0.05) is 65.8 Å². The fraction of sp³-hybridized carbons (Fsp3) is 0.760. The molecule has 6 heterocycles. The molecule has 336 valence electrons. The average Bonchev–Trinajstić information content (AvgIpc) is 3.58. The predicted molar refractivity (Wildman–Crippen MR) is 227 cm³/mol. The summed E-state index contributed by atoms with van der Waals surface area (Å²) in [7, 11) is -3.70. The first-order valence-corrected chi connectivity index (χ1v) is 25.6. The Morgan fingerprint density at radius 3 is 1.56 bits per heavy atom. The Hall–Kier alpha value is -1.96. The lowest BCUT2D eigenvalue weighted by Gasteiger charge is -2.61. The minimum atomic E-state index is -3.70. The van der Waals surface area contributed by atoms with E-state index in [1.165, 1.54) is 25.0 Å². The first kappa shape index (κ1) is 43.0. The van der Waals surface area contributed by atoms with Gasteiger partial charge in [-0.15, -0.1) is 0 Å². The Labute approximate surface area is 363 Å². The van der Waals surface area contributed by atoms with Crippen molar-refractivity contribution in [3.05, 3.63) is 65.5 Å². The second-order valence-electron chi connectivity index (χ2n) is 21.5. The Bertz CT molecular complexity index is 1900. The molecule has 0 unspecified atom stereocenters. The Morgan fingerprint density at radius 1 is 0.623 bits per heavy atom. The molecular formula is C50H69FO9S. The predicted octanol–water partition coefficient (Wildman–Crippen LogP) is 9.84. The van der Waals surface area contributed by atoms with Gasteiger partial charge in [0.2, 0.25) is 0 Å². The van der Waals surface area contributed by atoms with E-state index >= 15 is 0 Å². The van der Waals surface area contributed by atoms with Crippen molar-refractivity contribution in [2.24, 2.45) is 65.1 Å². The van der Waals surface area contributed by atoms with Gasteiger partial charge in [0.05, 0.1) is 60.5 Å². The first-order chi connectivity index (χ1) is 29.3. The van der Waals surface area contributed by atoms with Gasteiger partial charge in [0.1, 0.15) is 17.0 Å². The van der Waals surface area contributed by atoms with Crippen LogP contribution in [0.25, 0.3) is 0 Å². The monoisotopic (exact) mass is 864 g/mol. The molecular weight excluding hydrogens is 796 g/mol. The standard InChI is InChI=1S/C50H69FO9S/c1-28-7-17-39-32(5)45(55-47-19-30(3)43-23-41(28)49(39,47)59-57-43)21-36(27-61(52,53)38-15-11-35(12-16-38)26-54-25-34-9-13-37(51)14-10-34)22-46-33(6)40-18-8-29(2)42-24-44-31(4)20-48(56-46)50(40,42)60-58-44/h9-16,28-33,36,39-48H,7-8,17-27H2,1-6H3/t28-,29-,30-,31-,32-,33-,39+,40+,41+,42+,43+,44+,45-,46-,47-,48-,49+,50+/m1/s1. The second kappa shape index (κ2) is 16.5. The topological polar surface area (TPSA) is 98.8 Å². The summed E-state index contributed by atoms with van der Waals surface area (Å²) in [5, 5.41) is 0. The van der Waals surface area contributed by atoms with Gasteiger partial charge in [-0.2, -0.15) is 0 Å². The van der Waals surface area contributed by atoms with E-state index in [1.54, 1.807) is 24.3 Å². The van der Waals surface area contributed by atoms with Gasteiger partial charge in [-0.3, -0.25) is 0 Å². The summed E-state index contributed by atoms with van der Waals surface area (Å²) in [5.74, 6) is 2.96. The molecule has 2 spiro atoms. The molecule has 6 saturated heterocycles. The third kappa shape index (κ3) is 7.39. The zero-order valence-corrected chi connectivity index (χ0v) is 37.9. The van der Waals surface area contributed by atoms with E-state index in [2.05, 4.69) is 41.5 Å². The molecule has 0 aromatic heterocycles. The first-order valence-electron chi connectivity index (χ1n) is 23.9. The fourth-order valence-electron chi connectivity index (χ4n) is 14.5. The molecule has 4 bridgehead atoms. The zero-order valence-electron chi connectivity index (χ0n) is 37.1. The van der Waals surface area contributed by atoms with Gasteiger partial charge in [0, 0.05) is 0 Å². The molecule has 0 N–H and O–H groups in total. The number of hydrogen-bond acceptors (Lipinski definition) is 9. The smallest absolute Gasteiger partial charge is 0.178 e. The van der Waals surface area contributed by atoms with Gasteiger partial charge >= 0.3 is 0 Å². The summed E-state index contributed by atoms with van der Waals surface area (Å²) in [5.41, 5.74) is 0.847. The van der Waals surface area contributed by atoms with E-state index in [9.17, 15) is 12.8 Å². The van der Waals surface area contributed by atoms with Crippen LogP contribution in [0.4, 0.5) is 4.39 Å². The molecule has 10 fully saturated rings. The molecule has 10 aliphatic rings. The number of fused-ring (bicyclic) bond motifs is 4. The van der Waals surface area contributed by atoms with Crippen LogP contribution in [-0.2, 0) is 56.8 Å². The minimum absolute atomic E-state index is 0.0169. The van der Waals surface area contributed by atoms with E-state index in [0.29, 0.717) is 66.5 Å². The van der Waals surface area contributed by atoms with E-state index in [1.807, 2.05) is 12.1 Å². The van der Waals surface area contributed by atoms with Crippen LogP contribution in [0, 0.1) is 70.9 Å². The van der Waals surface area contributed by atoms with Gasteiger partial charge in [0.25, 0.3) is 0 Å². The molecule has 0 radical (unpaired) electrons. The summed E-state index contributed by atoms with van der Waals surface area (Å²) in [6.45, 7) is 14.6. The molecule has 4 saturated carbocycles. The van der Waals surface area contributed by atoms with Crippen LogP contribution < -0.4 is 0 Å². The van der Waals surface area contributed by atoms with Crippen molar-refractivity contribution in [3.8, 4) is 0 Å². The third-order valence-corrected chi connectivity index (χ3v) is 20.0. The molecule has 2 aromatic carbocycles. The van der Waals surface area contributed by atoms with Crippen LogP contribution in [0.1, 0.15) is 117 Å². The second-order valence-corrected chi connectivity index (χ2v) is 23.5. The molecule has 9 nitrogen and oxygen atoms in total. The number of sulfone groups is 1. The highest BCUT2D eigenvalue weighted by Crippen LogP contribution is 2.63. The van der Waals surface area contributed by atoms with Crippen molar-refractivity contribution in [1.82, 2.24) is 0 Å². The van der Waals surface area contributed by atoms with Crippen molar-refractivity contribution in [2.45, 2.75) is 172 Å². The van der Waals surface area contributed by atoms with Gasteiger partial charge in [-0.25, -0.2) is 32.4 Å². The Morgan fingerprint density at radius 2 is 1.08 bits per heavy atom. The maximum atomic E-state index is 14.7. The van der Waals surface area contributed by atoms with Crippen molar-refractivity contribution in [3.63, 3.8) is 0 Å². The number of hydrogen-bond donors (Lipinski definition) is 0. The van der Waals surface area contributed by atoms with Gasteiger partial charge in [-0.05, 0) is 165 Å². The van der Waals surface area contributed by atoms with Crippen molar-refractivity contribution in [2.75, 3.05) is 5.75 Å². The summed E-state index contributed by atoms with van der Waals surface area (Å²) < 4.78 is 63.3. The highest BCUT2D eigenvalue weighted by atomic mass is 32.2. The molecule has 4 aliphatic carbocycles. The lowest BCUT2D eigenvalue weighted by molar-refractivity contribution is -0.466. The summed E-state index contributed by atoms with van der Waals surface area (Å²) in [6, 6.07) is 13.4. The highest BCUT2D eigenvalue weighted by molar-refractivity contribution is 7.91. The maximum Gasteiger partial charge on any atom is 0.178 e. The maximum absolute atomic E-state index is 14.7. The lowest BCUT2D eigenvalue weighted by atomic mass is 9.55. The average molecular weight is 865 g/mol. The van der Waals surface area contributed by atoms with Crippen molar-refractivity contribution < 1.29 is 46.6 Å². The van der Waals surface area contributed by atoms with E-state index in [4.69, 9.17) is 33.8 Å². The van der Waals surface area contributed by atoms with Crippen LogP contribution in [0.15, 0.2) is 53.4 Å². The number of halogens is 1. The molecule has 2 aromatic rings. The van der Waals surface area contributed by atoms with E-state index < -0.39 is 21.0 Å². The number of rotatable bonds is 11. The molecule has 61 heavy (non-hydrogen) atoms. The van der Waals surface area contributed by atoms with E-state index in [0.717, 1.165) is 49.7 Å². The van der Waals surface area contributed by atoms with Crippen LogP contribution >= 0.6 is 0 Å². The summed E-state index contributed by atoms with van der Waals surface area (Å²) in [6.07, 6.45) is 9.33. The quantitative estimate of drug-likeness (QED) is 0.205. The van der Waals surface area contributed by atoms with Gasteiger partial charge < -0.3 is 14.2 Å². The Balaban J connectivity index is 0.919. The molecule has 18 atom stereocenters. The fourth-order valence-corrected chi connectivity index (χ4v) is 16.2. The van der Waals surface area contributed by atoms with Crippen molar-refractivity contribution in [1.29, 1.82) is 0 Å².